The maximum absolute atomic E-state index is 12.4. The Morgan fingerprint density at radius 2 is 1.68 bits per heavy atom. The molecule has 1 heterocycles. The van der Waals surface area contributed by atoms with Gasteiger partial charge in [0.25, 0.3) is 6.43 Å². The van der Waals surface area contributed by atoms with Crippen LogP contribution in [-0.2, 0) is 0 Å². The van der Waals surface area contributed by atoms with Gasteiger partial charge in [0.1, 0.15) is 0 Å². The normalized spacial score (nSPS) is 10.7. The molecule has 0 aliphatic carbocycles. The van der Waals surface area contributed by atoms with Gasteiger partial charge in [-0.1, -0.05) is 0 Å². The van der Waals surface area contributed by atoms with E-state index in [-0.39, 0.29) is 5.95 Å². The van der Waals surface area contributed by atoms with Crippen molar-refractivity contribution in [1.29, 1.82) is 0 Å². The molecule has 1 aromatic heterocycles. The Hall–Kier alpha value is -1.73. The maximum atomic E-state index is 12.4. The molecule has 8 heteroatoms. The smallest absolute Gasteiger partial charge is 0.255 e. The first kappa shape index (κ1) is 15.3. The fourth-order valence-electron chi connectivity index (χ4n) is 1.57. The number of anilines is 3. The molecule has 0 aromatic carbocycles. The summed E-state index contributed by atoms with van der Waals surface area (Å²) in [4.78, 5) is 15.8. The van der Waals surface area contributed by atoms with Gasteiger partial charge in [-0.15, -0.1) is 0 Å². The van der Waals surface area contributed by atoms with E-state index in [9.17, 15) is 8.78 Å². The first-order valence-electron chi connectivity index (χ1n) is 6.19. The van der Waals surface area contributed by atoms with E-state index in [2.05, 4.69) is 20.3 Å². The molecule has 0 atom stereocenters. The van der Waals surface area contributed by atoms with E-state index < -0.39 is 13.0 Å². The third-order valence-electron chi connectivity index (χ3n) is 2.63. The summed E-state index contributed by atoms with van der Waals surface area (Å²) in [6.07, 6.45) is -2.43. The van der Waals surface area contributed by atoms with Crippen molar-refractivity contribution in [2.24, 2.45) is 0 Å². The summed E-state index contributed by atoms with van der Waals surface area (Å²) in [7, 11) is 3.21. The summed E-state index contributed by atoms with van der Waals surface area (Å²) in [5, 5.41) is 2.82. The van der Waals surface area contributed by atoms with Gasteiger partial charge < -0.3 is 15.1 Å². The van der Waals surface area contributed by atoms with Crippen LogP contribution >= 0.6 is 0 Å². The van der Waals surface area contributed by atoms with Crippen LogP contribution in [0.5, 0.6) is 0 Å². The second-order valence-electron chi connectivity index (χ2n) is 3.95. The summed E-state index contributed by atoms with van der Waals surface area (Å²) in [6, 6.07) is 0. The van der Waals surface area contributed by atoms with Crippen molar-refractivity contribution in [2.45, 2.75) is 20.3 Å². The Morgan fingerprint density at radius 1 is 1.11 bits per heavy atom. The minimum atomic E-state index is -2.43. The number of hydrogen-bond acceptors (Lipinski definition) is 6. The molecule has 1 N–H and O–H groups in total. The monoisotopic (exact) mass is 274 g/mol. The molecule has 1 aromatic rings. The minimum absolute atomic E-state index is 0.238. The average Bonchev–Trinajstić information content (AvgIpc) is 2.39. The zero-order valence-corrected chi connectivity index (χ0v) is 11.7. The predicted molar refractivity (Wildman–Crippen MR) is 72.2 cm³/mol. The Balaban J connectivity index is 3.07. The van der Waals surface area contributed by atoms with Gasteiger partial charge in [-0.2, -0.15) is 15.0 Å². The van der Waals surface area contributed by atoms with Crippen molar-refractivity contribution in [3.05, 3.63) is 0 Å². The Morgan fingerprint density at radius 3 is 2.16 bits per heavy atom. The van der Waals surface area contributed by atoms with Crippen molar-refractivity contribution < 1.29 is 8.78 Å². The predicted octanol–water partition coefficient (Wildman–Crippen LogP) is 1.46. The van der Waals surface area contributed by atoms with E-state index in [1.807, 2.05) is 18.7 Å². The van der Waals surface area contributed by atoms with E-state index in [0.29, 0.717) is 11.9 Å². The summed E-state index contributed by atoms with van der Waals surface area (Å²) in [5.74, 6) is 1.09. The fourth-order valence-corrected chi connectivity index (χ4v) is 1.57. The van der Waals surface area contributed by atoms with Crippen molar-refractivity contribution >= 4 is 17.8 Å². The van der Waals surface area contributed by atoms with E-state index in [1.165, 1.54) is 11.9 Å². The number of nitrogens with zero attached hydrogens (tertiary/aromatic N) is 5. The van der Waals surface area contributed by atoms with Gasteiger partial charge in [0.05, 0.1) is 6.54 Å². The SMILES string of the molecule is CCN(CC)c1nc(NC)nc(N(C)CC(F)F)n1. The van der Waals surface area contributed by atoms with E-state index in [1.54, 1.807) is 7.05 Å². The minimum Gasteiger partial charge on any atom is -0.357 e. The number of alkyl halides is 2. The van der Waals surface area contributed by atoms with Gasteiger partial charge in [-0.05, 0) is 13.8 Å². The summed E-state index contributed by atoms with van der Waals surface area (Å²) < 4.78 is 24.8. The van der Waals surface area contributed by atoms with Gasteiger partial charge in [-0.3, -0.25) is 0 Å². The molecule has 0 aliphatic rings. The van der Waals surface area contributed by atoms with Gasteiger partial charge in [0.2, 0.25) is 17.8 Å². The first-order chi connectivity index (χ1) is 9.01. The van der Waals surface area contributed by atoms with Crippen molar-refractivity contribution in [3.63, 3.8) is 0 Å². The molecule has 0 fully saturated rings. The fraction of sp³-hybridized carbons (Fsp3) is 0.727. The highest BCUT2D eigenvalue weighted by Crippen LogP contribution is 2.16. The zero-order chi connectivity index (χ0) is 14.4. The highest BCUT2D eigenvalue weighted by Gasteiger charge is 2.15. The summed E-state index contributed by atoms with van der Waals surface area (Å²) >= 11 is 0. The van der Waals surface area contributed by atoms with E-state index >= 15 is 0 Å². The lowest BCUT2D eigenvalue weighted by molar-refractivity contribution is 0.156. The van der Waals surface area contributed by atoms with Crippen molar-refractivity contribution in [3.8, 4) is 0 Å². The molecule has 0 amide bonds. The van der Waals surface area contributed by atoms with Crippen LogP contribution in [0.15, 0.2) is 0 Å². The highest BCUT2D eigenvalue weighted by molar-refractivity contribution is 5.44. The molecule has 0 spiro atoms. The third kappa shape index (κ3) is 4.15. The van der Waals surface area contributed by atoms with Gasteiger partial charge in [0, 0.05) is 27.2 Å². The van der Waals surface area contributed by atoms with Crippen molar-refractivity contribution in [1.82, 2.24) is 15.0 Å². The number of hydrogen-bond donors (Lipinski definition) is 1. The van der Waals surface area contributed by atoms with E-state index in [0.717, 1.165) is 13.1 Å². The molecule has 0 aliphatic heterocycles. The maximum Gasteiger partial charge on any atom is 0.255 e. The second kappa shape index (κ2) is 7.01. The van der Waals surface area contributed by atoms with Crippen LogP contribution in [0.3, 0.4) is 0 Å². The number of halogens is 2. The molecule has 0 saturated heterocycles. The van der Waals surface area contributed by atoms with E-state index in [4.69, 9.17) is 0 Å². The second-order valence-corrected chi connectivity index (χ2v) is 3.95. The lowest BCUT2D eigenvalue weighted by Gasteiger charge is -2.22. The molecule has 6 nitrogen and oxygen atoms in total. The van der Waals surface area contributed by atoms with Crippen LogP contribution in [0, 0.1) is 0 Å². The molecule has 1 rings (SSSR count). The first-order valence-corrected chi connectivity index (χ1v) is 6.19. The number of nitrogens with one attached hydrogen (secondary N) is 1. The molecule has 19 heavy (non-hydrogen) atoms. The lowest BCUT2D eigenvalue weighted by Crippen LogP contribution is -2.29. The van der Waals surface area contributed by atoms with Gasteiger partial charge in [-0.25, -0.2) is 8.78 Å². The quantitative estimate of drug-likeness (QED) is 0.812. The van der Waals surface area contributed by atoms with Crippen LogP contribution in [0.25, 0.3) is 0 Å². The van der Waals surface area contributed by atoms with Crippen LogP contribution in [0.2, 0.25) is 0 Å². The average molecular weight is 274 g/mol. The molecule has 0 bridgehead atoms. The standard InChI is InChI=1S/C11H20F2N6/c1-5-19(6-2)11-16-9(14-3)15-10(17-11)18(4)7-8(12)13/h8H,5-7H2,1-4H3,(H,14,15,16,17). The van der Waals surface area contributed by atoms with Crippen LogP contribution < -0.4 is 15.1 Å². The molecule has 0 radical (unpaired) electrons. The molecule has 0 saturated carbocycles. The lowest BCUT2D eigenvalue weighted by atomic mass is 10.5. The van der Waals surface area contributed by atoms with Gasteiger partial charge >= 0.3 is 0 Å². The van der Waals surface area contributed by atoms with Crippen LogP contribution in [-0.4, -0.2) is 55.1 Å². The number of aromatic nitrogens is 3. The summed E-state index contributed by atoms with van der Waals surface area (Å²) in [5.41, 5.74) is 0. The zero-order valence-electron chi connectivity index (χ0n) is 11.7. The van der Waals surface area contributed by atoms with Crippen molar-refractivity contribution in [2.75, 3.05) is 48.8 Å². The third-order valence-corrected chi connectivity index (χ3v) is 2.63. The largest absolute Gasteiger partial charge is 0.357 e. The van der Waals surface area contributed by atoms with Crippen LogP contribution in [0.4, 0.5) is 26.6 Å². The molecular formula is C11H20F2N6. The summed E-state index contributed by atoms with van der Waals surface area (Å²) in [6.45, 7) is 5.03. The number of rotatable bonds is 7. The molecule has 108 valence electrons. The van der Waals surface area contributed by atoms with Crippen LogP contribution in [0.1, 0.15) is 13.8 Å². The highest BCUT2D eigenvalue weighted by atomic mass is 19.3. The molecular weight excluding hydrogens is 254 g/mol. The van der Waals surface area contributed by atoms with Gasteiger partial charge in [0.15, 0.2) is 0 Å². The molecule has 0 unspecified atom stereocenters. The topological polar surface area (TPSA) is 57.2 Å². The Kier molecular flexibility index (Phi) is 5.65. The Bertz CT molecular complexity index is 397. The Labute approximate surface area is 111 Å².